The number of sulfonamides is 1. The van der Waals surface area contributed by atoms with Gasteiger partial charge in [0, 0.05) is 16.5 Å². The van der Waals surface area contributed by atoms with E-state index >= 15 is 0 Å². The third-order valence-corrected chi connectivity index (χ3v) is 6.57. The van der Waals surface area contributed by atoms with Crippen molar-refractivity contribution in [3.8, 4) is 0 Å². The lowest BCUT2D eigenvalue weighted by atomic mass is 10.1. The second kappa shape index (κ2) is 10.3. The average Bonchev–Trinajstić information content (AvgIpc) is 3.17. The molecule has 1 aromatic heterocycles. The van der Waals surface area contributed by atoms with Gasteiger partial charge in [-0.05, 0) is 47.2 Å². The fourth-order valence-electron chi connectivity index (χ4n) is 2.79. The van der Waals surface area contributed by atoms with Gasteiger partial charge in [0.2, 0.25) is 10.0 Å². The summed E-state index contributed by atoms with van der Waals surface area (Å²) in [7, 11) is -4.30. The van der Waals surface area contributed by atoms with Crippen LogP contribution in [-0.2, 0) is 32.6 Å². The lowest BCUT2D eigenvalue weighted by molar-refractivity contribution is -0.139. The molecular formula is C19H16Cl2FN5O5S. The van der Waals surface area contributed by atoms with Gasteiger partial charge in [-0.3, -0.25) is 9.59 Å². The number of aromatic nitrogens is 4. The van der Waals surface area contributed by atoms with Crippen LogP contribution in [0.15, 0.2) is 47.4 Å². The number of tetrazole rings is 1. The van der Waals surface area contributed by atoms with Crippen LogP contribution in [0.2, 0.25) is 10.0 Å². The summed E-state index contributed by atoms with van der Waals surface area (Å²) in [5.41, 5.74) is 0.558. The SMILES string of the molecule is O=C(O)CC(NS(=O)(=O)c1ccc(F)cc1)C(=O)Cn1nnc(Cc2c(Cl)cccc2Cl)n1. The second-order valence-electron chi connectivity index (χ2n) is 6.81. The number of carbonyl (C=O) groups is 2. The molecule has 0 radical (unpaired) electrons. The fraction of sp³-hybridized carbons (Fsp3) is 0.211. The lowest BCUT2D eigenvalue weighted by Gasteiger charge is -2.15. The number of hydrogen-bond acceptors (Lipinski definition) is 7. The van der Waals surface area contributed by atoms with E-state index in [2.05, 4.69) is 15.4 Å². The highest BCUT2D eigenvalue weighted by atomic mass is 35.5. The van der Waals surface area contributed by atoms with Crippen molar-refractivity contribution in [3.63, 3.8) is 0 Å². The fourth-order valence-corrected chi connectivity index (χ4v) is 4.54. The van der Waals surface area contributed by atoms with Crippen molar-refractivity contribution in [2.24, 2.45) is 0 Å². The van der Waals surface area contributed by atoms with Crippen LogP contribution in [0.1, 0.15) is 17.8 Å². The molecule has 0 aliphatic carbocycles. The zero-order chi connectivity index (χ0) is 24.2. The maximum Gasteiger partial charge on any atom is 0.305 e. The standard InChI is InChI=1S/C19H16Cl2FN5O5S/c20-14-2-1-3-15(21)13(14)8-18-23-26-27(24-18)10-17(28)16(9-19(29)30)25-33(31,32)12-6-4-11(22)5-7-12/h1-7,16,25H,8-10H2,(H,29,30). The quantitative estimate of drug-likeness (QED) is 0.417. The minimum absolute atomic E-state index is 0.127. The number of carboxylic acids is 1. The molecule has 1 unspecified atom stereocenters. The van der Waals surface area contributed by atoms with Gasteiger partial charge in [0.05, 0.1) is 17.4 Å². The molecule has 0 bridgehead atoms. The highest BCUT2D eigenvalue weighted by Gasteiger charge is 2.28. The topological polar surface area (TPSA) is 144 Å². The number of aliphatic carboxylic acids is 1. The molecule has 2 N–H and O–H groups in total. The Morgan fingerprint density at radius 3 is 2.36 bits per heavy atom. The molecule has 0 fully saturated rings. The van der Waals surface area contributed by atoms with Gasteiger partial charge in [-0.2, -0.15) is 9.52 Å². The average molecular weight is 516 g/mol. The first-order valence-electron chi connectivity index (χ1n) is 9.27. The number of nitrogens with one attached hydrogen (secondary N) is 1. The number of halogens is 3. The van der Waals surface area contributed by atoms with E-state index in [1.807, 2.05) is 4.72 Å². The molecular weight excluding hydrogens is 500 g/mol. The van der Waals surface area contributed by atoms with Crippen LogP contribution in [0.4, 0.5) is 4.39 Å². The maximum absolute atomic E-state index is 13.1. The highest BCUT2D eigenvalue weighted by molar-refractivity contribution is 7.89. The maximum atomic E-state index is 13.1. The van der Waals surface area contributed by atoms with Gasteiger partial charge >= 0.3 is 5.97 Å². The van der Waals surface area contributed by atoms with Crippen molar-refractivity contribution < 1.29 is 27.5 Å². The minimum Gasteiger partial charge on any atom is -0.481 e. The number of nitrogens with zero attached hydrogens (tertiary/aromatic N) is 4. The number of rotatable bonds is 10. The predicted octanol–water partition coefficient (Wildman–Crippen LogP) is 2.10. The van der Waals surface area contributed by atoms with Gasteiger partial charge in [0.1, 0.15) is 12.4 Å². The van der Waals surface area contributed by atoms with Gasteiger partial charge in [-0.1, -0.05) is 29.3 Å². The van der Waals surface area contributed by atoms with E-state index in [-0.39, 0.29) is 17.1 Å². The van der Waals surface area contributed by atoms with Crippen LogP contribution in [0.25, 0.3) is 0 Å². The van der Waals surface area contributed by atoms with E-state index in [0.717, 1.165) is 29.1 Å². The molecule has 1 heterocycles. The van der Waals surface area contributed by atoms with E-state index in [9.17, 15) is 22.4 Å². The van der Waals surface area contributed by atoms with E-state index in [1.165, 1.54) is 0 Å². The van der Waals surface area contributed by atoms with Crippen LogP contribution in [0, 0.1) is 5.82 Å². The van der Waals surface area contributed by atoms with E-state index in [1.54, 1.807) is 18.2 Å². The summed E-state index contributed by atoms with van der Waals surface area (Å²) in [5.74, 6) is -2.68. The highest BCUT2D eigenvalue weighted by Crippen LogP contribution is 2.25. The van der Waals surface area contributed by atoms with Crippen molar-refractivity contribution in [2.75, 3.05) is 0 Å². The van der Waals surface area contributed by atoms with Crippen molar-refractivity contribution in [3.05, 3.63) is 69.7 Å². The Balaban J connectivity index is 1.74. The molecule has 0 aliphatic rings. The monoisotopic (exact) mass is 515 g/mol. The normalized spacial score (nSPS) is 12.5. The Kier molecular flexibility index (Phi) is 7.74. The summed E-state index contributed by atoms with van der Waals surface area (Å²) in [6.45, 7) is -0.548. The van der Waals surface area contributed by atoms with Gasteiger partial charge < -0.3 is 5.11 Å². The largest absolute Gasteiger partial charge is 0.481 e. The third-order valence-electron chi connectivity index (χ3n) is 4.38. The number of Topliss-reactive ketones (excluding diaryl/α,β-unsaturated/α-hetero) is 1. The van der Waals surface area contributed by atoms with Crippen molar-refractivity contribution >= 4 is 45.0 Å². The lowest BCUT2D eigenvalue weighted by Crippen LogP contribution is -2.43. The zero-order valence-electron chi connectivity index (χ0n) is 16.7. The second-order valence-corrected chi connectivity index (χ2v) is 9.33. The summed E-state index contributed by atoms with van der Waals surface area (Å²) in [6.07, 6.45) is -0.696. The molecule has 14 heteroatoms. The number of benzene rings is 2. The van der Waals surface area contributed by atoms with Crippen LogP contribution in [-0.4, -0.2) is 51.5 Å². The molecule has 1 atom stereocenters. The predicted molar refractivity (Wildman–Crippen MR) is 115 cm³/mol. The smallest absolute Gasteiger partial charge is 0.305 e. The van der Waals surface area contributed by atoms with Crippen molar-refractivity contribution in [1.82, 2.24) is 24.9 Å². The van der Waals surface area contributed by atoms with Crippen LogP contribution < -0.4 is 4.72 Å². The molecule has 0 saturated carbocycles. The molecule has 10 nitrogen and oxygen atoms in total. The van der Waals surface area contributed by atoms with Crippen LogP contribution in [0.5, 0.6) is 0 Å². The van der Waals surface area contributed by atoms with Gasteiger partial charge in [-0.25, -0.2) is 12.8 Å². The number of ketones is 1. The molecule has 3 rings (SSSR count). The molecule has 0 saturated heterocycles. The summed E-state index contributed by atoms with van der Waals surface area (Å²) < 4.78 is 40.1. The Labute approximate surface area is 197 Å². The van der Waals surface area contributed by atoms with Gasteiger partial charge in [0.25, 0.3) is 0 Å². The molecule has 0 spiro atoms. The molecule has 2 aromatic carbocycles. The Hall–Kier alpha value is -2.93. The first-order valence-corrected chi connectivity index (χ1v) is 11.5. The Morgan fingerprint density at radius 2 is 1.76 bits per heavy atom. The van der Waals surface area contributed by atoms with Crippen LogP contribution in [0.3, 0.4) is 0 Å². The van der Waals surface area contributed by atoms with Crippen LogP contribution >= 0.6 is 23.2 Å². The molecule has 174 valence electrons. The van der Waals surface area contributed by atoms with Crippen molar-refractivity contribution in [2.45, 2.75) is 30.3 Å². The molecule has 33 heavy (non-hydrogen) atoms. The molecule has 0 amide bonds. The molecule has 0 aliphatic heterocycles. The van der Waals surface area contributed by atoms with Crippen molar-refractivity contribution in [1.29, 1.82) is 0 Å². The Bertz CT molecular complexity index is 1260. The molecule has 3 aromatic rings. The summed E-state index contributed by atoms with van der Waals surface area (Å²) in [5, 5.41) is 21.5. The summed E-state index contributed by atoms with van der Waals surface area (Å²) in [4.78, 5) is 24.4. The van der Waals surface area contributed by atoms with E-state index < -0.39 is 46.6 Å². The van der Waals surface area contributed by atoms with Gasteiger partial charge in [-0.15, -0.1) is 10.2 Å². The Morgan fingerprint density at radius 1 is 1.12 bits per heavy atom. The van der Waals surface area contributed by atoms with Gasteiger partial charge in [0.15, 0.2) is 11.6 Å². The number of carboxylic acid groups (broad SMARTS) is 1. The zero-order valence-corrected chi connectivity index (χ0v) is 19.0. The summed E-state index contributed by atoms with van der Waals surface area (Å²) >= 11 is 12.2. The first kappa shape index (κ1) is 24.7. The number of hydrogen-bond donors (Lipinski definition) is 2. The van der Waals surface area contributed by atoms with E-state index in [4.69, 9.17) is 28.3 Å². The first-order chi connectivity index (χ1) is 15.5. The van der Waals surface area contributed by atoms with E-state index in [0.29, 0.717) is 15.6 Å². The number of carbonyl (C=O) groups excluding carboxylic acids is 1. The minimum atomic E-state index is -4.30. The third kappa shape index (κ3) is 6.54. The summed E-state index contributed by atoms with van der Waals surface area (Å²) in [6, 6.07) is 7.16.